The highest BCUT2D eigenvalue weighted by molar-refractivity contribution is 5.92. The molecule has 0 saturated heterocycles. The average molecular weight is 249 g/mol. The maximum Gasteiger partial charge on any atom is 0.269 e. The minimum Gasteiger partial charge on any atom is -0.397 e. The van der Waals surface area contributed by atoms with Gasteiger partial charge in [0.1, 0.15) is 5.69 Å². The Morgan fingerprint density at radius 2 is 2.33 bits per heavy atom. The monoisotopic (exact) mass is 249 g/mol. The standard InChI is InChI=1S/C13H19N3O2/c14-10-4-5-12(15-8-10)13(18)16-7-9-2-1-3-11(17)6-9/h4-5,8-9,11,17H,1-3,6-7,14H2,(H,16,18). The Hall–Kier alpha value is -1.62. The van der Waals surface area contributed by atoms with E-state index in [4.69, 9.17) is 5.73 Å². The lowest BCUT2D eigenvalue weighted by atomic mass is 9.87. The lowest BCUT2D eigenvalue weighted by Crippen LogP contribution is -2.33. The van der Waals surface area contributed by atoms with E-state index in [0.29, 0.717) is 23.8 Å². The molecule has 4 N–H and O–H groups in total. The van der Waals surface area contributed by atoms with Gasteiger partial charge in [-0.25, -0.2) is 4.98 Å². The van der Waals surface area contributed by atoms with Crippen molar-refractivity contribution >= 4 is 11.6 Å². The van der Waals surface area contributed by atoms with Crippen molar-refractivity contribution in [2.45, 2.75) is 31.8 Å². The molecule has 98 valence electrons. The third kappa shape index (κ3) is 3.43. The quantitative estimate of drug-likeness (QED) is 0.744. The van der Waals surface area contributed by atoms with Gasteiger partial charge >= 0.3 is 0 Å². The van der Waals surface area contributed by atoms with E-state index < -0.39 is 0 Å². The molecule has 1 heterocycles. The summed E-state index contributed by atoms with van der Waals surface area (Å²) in [5.41, 5.74) is 6.43. The van der Waals surface area contributed by atoms with E-state index in [9.17, 15) is 9.90 Å². The van der Waals surface area contributed by atoms with Crippen molar-refractivity contribution in [2.75, 3.05) is 12.3 Å². The van der Waals surface area contributed by atoms with E-state index >= 15 is 0 Å². The molecule has 1 aliphatic rings. The lowest BCUT2D eigenvalue weighted by Gasteiger charge is -2.25. The van der Waals surface area contributed by atoms with Crippen molar-refractivity contribution in [3.05, 3.63) is 24.0 Å². The molecule has 0 radical (unpaired) electrons. The topological polar surface area (TPSA) is 88.2 Å². The van der Waals surface area contributed by atoms with Crippen LogP contribution in [0.1, 0.15) is 36.2 Å². The van der Waals surface area contributed by atoms with Crippen LogP contribution in [-0.2, 0) is 0 Å². The number of aromatic nitrogens is 1. The van der Waals surface area contributed by atoms with Crippen LogP contribution >= 0.6 is 0 Å². The Morgan fingerprint density at radius 3 is 3.00 bits per heavy atom. The predicted octanol–water partition coefficient (Wildman–Crippen LogP) is 0.945. The average Bonchev–Trinajstić information content (AvgIpc) is 2.37. The first kappa shape index (κ1) is 12.8. The first-order chi connectivity index (χ1) is 8.65. The molecule has 0 aromatic carbocycles. The van der Waals surface area contributed by atoms with Crippen molar-refractivity contribution in [1.29, 1.82) is 0 Å². The van der Waals surface area contributed by atoms with Gasteiger partial charge < -0.3 is 16.2 Å². The zero-order chi connectivity index (χ0) is 13.0. The fourth-order valence-corrected chi connectivity index (χ4v) is 2.32. The number of pyridine rings is 1. The minimum atomic E-state index is -0.213. The van der Waals surface area contributed by atoms with E-state index in [1.807, 2.05) is 0 Å². The van der Waals surface area contributed by atoms with Gasteiger partial charge in [0.25, 0.3) is 5.91 Å². The second-order valence-electron chi connectivity index (χ2n) is 4.87. The molecule has 5 nitrogen and oxygen atoms in total. The van der Waals surface area contributed by atoms with Gasteiger partial charge in [-0.05, 0) is 37.3 Å². The van der Waals surface area contributed by atoms with E-state index in [-0.39, 0.29) is 12.0 Å². The normalized spacial score (nSPS) is 23.6. The maximum absolute atomic E-state index is 11.8. The maximum atomic E-state index is 11.8. The molecular formula is C13H19N3O2. The summed E-state index contributed by atoms with van der Waals surface area (Å²) in [6, 6.07) is 3.27. The molecule has 18 heavy (non-hydrogen) atoms. The van der Waals surface area contributed by atoms with Gasteiger partial charge in [0.15, 0.2) is 0 Å². The van der Waals surface area contributed by atoms with Crippen molar-refractivity contribution in [2.24, 2.45) is 5.92 Å². The predicted molar refractivity (Wildman–Crippen MR) is 68.9 cm³/mol. The first-order valence-corrected chi connectivity index (χ1v) is 6.33. The molecule has 2 rings (SSSR count). The summed E-state index contributed by atoms with van der Waals surface area (Å²) in [5, 5.41) is 12.4. The molecule has 0 spiro atoms. The number of nitrogens with zero attached hydrogens (tertiary/aromatic N) is 1. The van der Waals surface area contributed by atoms with Gasteiger partial charge in [-0.1, -0.05) is 6.42 Å². The van der Waals surface area contributed by atoms with Crippen LogP contribution in [0.5, 0.6) is 0 Å². The molecule has 1 amide bonds. The van der Waals surface area contributed by atoms with Crippen molar-refractivity contribution in [1.82, 2.24) is 10.3 Å². The number of hydrogen-bond acceptors (Lipinski definition) is 4. The zero-order valence-electron chi connectivity index (χ0n) is 10.3. The Bertz CT molecular complexity index is 405. The lowest BCUT2D eigenvalue weighted by molar-refractivity contribution is 0.0870. The molecule has 5 heteroatoms. The third-order valence-corrected chi connectivity index (χ3v) is 3.33. The summed E-state index contributed by atoms with van der Waals surface area (Å²) >= 11 is 0. The number of nitrogen functional groups attached to an aromatic ring is 1. The van der Waals surface area contributed by atoms with E-state index in [0.717, 1.165) is 25.7 Å². The number of anilines is 1. The smallest absolute Gasteiger partial charge is 0.269 e. The number of aliphatic hydroxyl groups is 1. The Balaban J connectivity index is 1.82. The fraction of sp³-hybridized carbons (Fsp3) is 0.538. The van der Waals surface area contributed by atoms with Crippen LogP contribution < -0.4 is 11.1 Å². The fourth-order valence-electron chi connectivity index (χ4n) is 2.32. The molecule has 1 saturated carbocycles. The summed E-state index contributed by atoms with van der Waals surface area (Å²) in [6.45, 7) is 0.599. The molecule has 2 atom stereocenters. The van der Waals surface area contributed by atoms with Crippen LogP contribution in [0.4, 0.5) is 5.69 Å². The highest BCUT2D eigenvalue weighted by atomic mass is 16.3. The summed E-state index contributed by atoms with van der Waals surface area (Å²) < 4.78 is 0. The number of nitrogens with one attached hydrogen (secondary N) is 1. The van der Waals surface area contributed by atoms with Gasteiger partial charge in [0.2, 0.25) is 0 Å². The van der Waals surface area contributed by atoms with Crippen molar-refractivity contribution < 1.29 is 9.90 Å². The number of rotatable bonds is 3. The van der Waals surface area contributed by atoms with Crippen LogP contribution in [-0.4, -0.2) is 28.6 Å². The van der Waals surface area contributed by atoms with Crippen molar-refractivity contribution in [3.63, 3.8) is 0 Å². The molecule has 1 aliphatic carbocycles. The van der Waals surface area contributed by atoms with Crippen LogP contribution in [0.25, 0.3) is 0 Å². The third-order valence-electron chi connectivity index (χ3n) is 3.33. The van der Waals surface area contributed by atoms with Crippen LogP contribution in [0.15, 0.2) is 18.3 Å². The Morgan fingerprint density at radius 1 is 1.50 bits per heavy atom. The second-order valence-corrected chi connectivity index (χ2v) is 4.87. The summed E-state index contributed by atoms with van der Waals surface area (Å²) in [4.78, 5) is 15.8. The van der Waals surface area contributed by atoms with Gasteiger partial charge in [0.05, 0.1) is 18.0 Å². The van der Waals surface area contributed by atoms with Crippen molar-refractivity contribution in [3.8, 4) is 0 Å². The zero-order valence-corrected chi connectivity index (χ0v) is 10.3. The number of carbonyl (C=O) groups excluding carboxylic acids is 1. The number of aliphatic hydroxyl groups excluding tert-OH is 1. The number of nitrogens with two attached hydrogens (primary N) is 1. The molecular weight excluding hydrogens is 230 g/mol. The number of amides is 1. The molecule has 1 aromatic rings. The summed E-state index contributed by atoms with van der Waals surface area (Å²) in [6.07, 6.45) is 5.00. The molecule has 1 aromatic heterocycles. The summed E-state index contributed by atoms with van der Waals surface area (Å²) in [7, 11) is 0. The van der Waals surface area contributed by atoms with Gasteiger partial charge in [-0.15, -0.1) is 0 Å². The largest absolute Gasteiger partial charge is 0.397 e. The first-order valence-electron chi connectivity index (χ1n) is 6.33. The van der Waals surface area contributed by atoms with Crippen LogP contribution in [0.3, 0.4) is 0 Å². The molecule has 0 bridgehead atoms. The van der Waals surface area contributed by atoms with E-state index in [2.05, 4.69) is 10.3 Å². The van der Waals surface area contributed by atoms with Crippen LogP contribution in [0.2, 0.25) is 0 Å². The molecule has 1 fully saturated rings. The van der Waals surface area contributed by atoms with Gasteiger partial charge in [-0.2, -0.15) is 0 Å². The van der Waals surface area contributed by atoms with Gasteiger partial charge in [-0.3, -0.25) is 4.79 Å². The molecule has 0 aliphatic heterocycles. The Kier molecular flexibility index (Phi) is 4.15. The summed E-state index contributed by atoms with van der Waals surface area (Å²) in [5.74, 6) is 0.182. The van der Waals surface area contributed by atoms with Crippen LogP contribution in [0, 0.1) is 5.92 Å². The highest BCUT2D eigenvalue weighted by Crippen LogP contribution is 2.23. The number of hydrogen-bond donors (Lipinski definition) is 3. The minimum absolute atomic E-state index is 0.185. The number of carbonyl (C=O) groups is 1. The van der Waals surface area contributed by atoms with E-state index in [1.165, 1.54) is 6.20 Å². The van der Waals surface area contributed by atoms with Gasteiger partial charge in [0, 0.05) is 6.54 Å². The van der Waals surface area contributed by atoms with E-state index in [1.54, 1.807) is 12.1 Å². The second kappa shape index (κ2) is 5.82. The molecule has 2 unspecified atom stereocenters. The Labute approximate surface area is 106 Å². The highest BCUT2D eigenvalue weighted by Gasteiger charge is 2.20. The SMILES string of the molecule is Nc1ccc(C(=O)NCC2CCCC(O)C2)nc1.